The van der Waals surface area contributed by atoms with Crippen LogP contribution in [-0.2, 0) is 0 Å². The summed E-state index contributed by atoms with van der Waals surface area (Å²) in [5.41, 5.74) is 2.77. The van der Waals surface area contributed by atoms with Crippen molar-refractivity contribution in [2.24, 2.45) is 0 Å². The molecule has 0 heterocycles. The SMILES string of the molecule is CCCCCCCC(NCCC)c1cc(C)cc(Br)c1. The molecule has 0 spiro atoms. The van der Waals surface area contributed by atoms with Gasteiger partial charge in [-0.3, -0.25) is 0 Å². The van der Waals surface area contributed by atoms with E-state index in [0.717, 1.165) is 6.54 Å². The molecule has 1 aromatic rings. The van der Waals surface area contributed by atoms with Gasteiger partial charge in [0.05, 0.1) is 0 Å². The predicted molar refractivity (Wildman–Crippen MR) is 93.3 cm³/mol. The Hall–Kier alpha value is -0.340. The molecule has 20 heavy (non-hydrogen) atoms. The Morgan fingerprint density at radius 1 is 1.00 bits per heavy atom. The van der Waals surface area contributed by atoms with Gasteiger partial charge in [0.25, 0.3) is 0 Å². The van der Waals surface area contributed by atoms with E-state index >= 15 is 0 Å². The molecule has 0 fully saturated rings. The minimum Gasteiger partial charge on any atom is -0.310 e. The van der Waals surface area contributed by atoms with E-state index in [0.29, 0.717) is 6.04 Å². The van der Waals surface area contributed by atoms with Gasteiger partial charge in [-0.25, -0.2) is 0 Å². The van der Waals surface area contributed by atoms with Gasteiger partial charge in [0.2, 0.25) is 0 Å². The molecule has 1 atom stereocenters. The van der Waals surface area contributed by atoms with Crippen LogP contribution in [0.25, 0.3) is 0 Å². The molecule has 1 rings (SSSR count). The second-order valence-corrected chi connectivity index (χ2v) is 6.69. The molecular formula is C18H30BrN. The first kappa shape index (κ1) is 17.7. The molecule has 1 aromatic carbocycles. The number of aryl methyl sites for hydroxylation is 1. The van der Waals surface area contributed by atoms with Crippen LogP contribution in [0.5, 0.6) is 0 Å². The van der Waals surface area contributed by atoms with Crippen molar-refractivity contribution in [3.63, 3.8) is 0 Å². The van der Waals surface area contributed by atoms with Gasteiger partial charge in [-0.15, -0.1) is 0 Å². The van der Waals surface area contributed by atoms with Crippen molar-refractivity contribution in [2.45, 2.75) is 71.8 Å². The first-order valence-corrected chi connectivity index (χ1v) is 8.97. The van der Waals surface area contributed by atoms with Crippen LogP contribution in [0.1, 0.15) is 76.0 Å². The van der Waals surface area contributed by atoms with Gasteiger partial charge in [-0.1, -0.05) is 67.9 Å². The van der Waals surface area contributed by atoms with Crippen molar-refractivity contribution in [3.05, 3.63) is 33.8 Å². The Morgan fingerprint density at radius 3 is 2.40 bits per heavy atom. The van der Waals surface area contributed by atoms with Crippen LogP contribution in [0.3, 0.4) is 0 Å². The van der Waals surface area contributed by atoms with Crippen LogP contribution in [0.2, 0.25) is 0 Å². The Balaban J connectivity index is 2.58. The lowest BCUT2D eigenvalue weighted by molar-refractivity contribution is 0.468. The summed E-state index contributed by atoms with van der Waals surface area (Å²) in [6, 6.07) is 7.28. The minimum atomic E-state index is 0.507. The smallest absolute Gasteiger partial charge is 0.0320 e. The van der Waals surface area contributed by atoms with E-state index in [9.17, 15) is 0 Å². The highest BCUT2D eigenvalue weighted by Gasteiger charge is 2.11. The first-order valence-electron chi connectivity index (χ1n) is 8.17. The van der Waals surface area contributed by atoms with Crippen molar-refractivity contribution in [1.82, 2.24) is 5.32 Å². The molecule has 1 unspecified atom stereocenters. The number of nitrogens with one attached hydrogen (secondary N) is 1. The molecule has 0 aromatic heterocycles. The Bertz CT molecular complexity index is 355. The normalized spacial score (nSPS) is 12.6. The molecule has 2 heteroatoms. The van der Waals surface area contributed by atoms with Crippen LogP contribution in [0.15, 0.2) is 22.7 Å². The zero-order valence-electron chi connectivity index (χ0n) is 13.3. The van der Waals surface area contributed by atoms with Crippen LogP contribution >= 0.6 is 15.9 Å². The van der Waals surface area contributed by atoms with Gasteiger partial charge in [-0.05, 0) is 49.6 Å². The third-order valence-corrected chi connectivity index (χ3v) is 4.16. The molecule has 0 radical (unpaired) electrons. The Kier molecular flexibility index (Phi) is 9.21. The van der Waals surface area contributed by atoms with Crippen molar-refractivity contribution >= 4 is 15.9 Å². The molecule has 0 aliphatic carbocycles. The van der Waals surface area contributed by atoms with Crippen LogP contribution in [0, 0.1) is 6.92 Å². The van der Waals surface area contributed by atoms with E-state index in [1.54, 1.807) is 0 Å². The summed E-state index contributed by atoms with van der Waals surface area (Å²) in [4.78, 5) is 0. The number of rotatable bonds is 10. The lowest BCUT2D eigenvalue weighted by Crippen LogP contribution is -2.22. The summed E-state index contributed by atoms with van der Waals surface area (Å²) in [6.07, 6.45) is 9.22. The van der Waals surface area contributed by atoms with Crippen LogP contribution in [0.4, 0.5) is 0 Å². The Morgan fingerprint density at radius 2 is 1.75 bits per heavy atom. The average molecular weight is 340 g/mol. The molecule has 0 aliphatic heterocycles. The number of unbranched alkanes of at least 4 members (excludes halogenated alkanes) is 4. The highest BCUT2D eigenvalue weighted by molar-refractivity contribution is 9.10. The van der Waals surface area contributed by atoms with Crippen molar-refractivity contribution < 1.29 is 0 Å². The topological polar surface area (TPSA) is 12.0 Å². The monoisotopic (exact) mass is 339 g/mol. The van der Waals surface area contributed by atoms with E-state index in [4.69, 9.17) is 0 Å². The molecule has 1 N–H and O–H groups in total. The summed E-state index contributed by atoms with van der Waals surface area (Å²) in [6.45, 7) is 7.78. The number of halogens is 1. The van der Waals surface area contributed by atoms with E-state index < -0.39 is 0 Å². The summed E-state index contributed by atoms with van der Waals surface area (Å²) in [5, 5.41) is 3.71. The van der Waals surface area contributed by atoms with Crippen molar-refractivity contribution in [2.75, 3.05) is 6.54 Å². The highest BCUT2D eigenvalue weighted by Crippen LogP contribution is 2.25. The molecule has 0 bridgehead atoms. The van der Waals surface area contributed by atoms with Crippen LogP contribution in [-0.4, -0.2) is 6.54 Å². The standard InChI is InChI=1S/C18H30BrN/c1-4-6-7-8-9-10-18(20-11-5-2)16-12-15(3)13-17(19)14-16/h12-14,18,20H,4-11H2,1-3H3. The average Bonchev–Trinajstić information content (AvgIpc) is 2.40. The quantitative estimate of drug-likeness (QED) is 0.503. The molecular weight excluding hydrogens is 310 g/mol. The summed E-state index contributed by atoms with van der Waals surface area (Å²) in [5.74, 6) is 0. The van der Waals surface area contributed by atoms with E-state index in [1.807, 2.05) is 0 Å². The maximum atomic E-state index is 3.71. The molecule has 0 aliphatic rings. The molecule has 114 valence electrons. The molecule has 0 saturated heterocycles. The van der Waals surface area contributed by atoms with Gasteiger partial charge in [0, 0.05) is 10.5 Å². The maximum Gasteiger partial charge on any atom is 0.0320 e. The number of hydrogen-bond acceptors (Lipinski definition) is 1. The maximum absolute atomic E-state index is 3.71. The largest absolute Gasteiger partial charge is 0.310 e. The second-order valence-electron chi connectivity index (χ2n) is 5.77. The van der Waals surface area contributed by atoms with Crippen molar-refractivity contribution in [3.8, 4) is 0 Å². The minimum absolute atomic E-state index is 0.507. The van der Waals surface area contributed by atoms with Gasteiger partial charge in [0.15, 0.2) is 0 Å². The van der Waals surface area contributed by atoms with E-state index in [1.165, 1.54) is 60.5 Å². The lowest BCUT2D eigenvalue weighted by Gasteiger charge is -2.20. The molecule has 0 amide bonds. The first-order chi connectivity index (χ1) is 9.67. The highest BCUT2D eigenvalue weighted by atomic mass is 79.9. The zero-order chi connectivity index (χ0) is 14.8. The predicted octanol–water partition coefficient (Wildman–Crippen LogP) is 6.16. The number of benzene rings is 1. The van der Waals surface area contributed by atoms with Crippen LogP contribution < -0.4 is 5.32 Å². The van der Waals surface area contributed by atoms with Gasteiger partial charge < -0.3 is 5.32 Å². The zero-order valence-corrected chi connectivity index (χ0v) is 14.9. The number of hydrogen-bond donors (Lipinski definition) is 1. The van der Waals surface area contributed by atoms with Crippen molar-refractivity contribution in [1.29, 1.82) is 0 Å². The Labute approximate surface area is 133 Å². The fraction of sp³-hybridized carbons (Fsp3) is 0.667. The van der Waals surface area contributed by atoms with E-state index in [2.05, 4.69) is 60.2 Å². The summed E-state index contributed by atoms with van der Waals surface area (Å²) >= 11 is 3.62. The van der Waals surface area contributed by atoms with E-state index in [-0.39, 0.29) is 0 Å². The summed E-state index contributed by atoms with van der Waals surface area (Å²) < 4.78 is 1.20. The third kappa shape index (κ3) is 6.90. The second kappa shape index (κ2) is 10.4. The fourth-order valence-corrected chi connectivity index (χ4v) is 3.25. The fourth-order valence-electron chi connectivity index (χ4n) is 2.62. The third-order valence-electron chi connectivity index (χ3n) is 3.70. The van der Waals surface area contributed by atoms with Gasteiger partial charge >= 0.3 is 0 Å². The summed E-state index contributed by atoms with van der Waals surface area (Å²) in [7, 11) is 0. The lowest BCUT2D eigenvalue weighted by atomic mass is 9.98. The molecule has 1 nitrogen and oxygen atoms in total. The van der Waals surface area contributed by atoms with Gasteiger partial charge in [-0.2, -0.15) is 0 Å². The van der Waals surface area contributed by atoms with Gasteiger partial charge in [0.1, 0.15) is 0 Å². The molecule has 0 saturated carbocycles.